The molecule has 1 aromatic carbocycles. The molecule has 8 heteroatoms. The fourth-order valence-electron chi connectivity index (χ4n) is 2.79. The van der Waals surface area contributed by atoms with Crippen molar-refractivity contribution in [2.45, 2.75) is 26.1 Å². The van der Waals surface area contributed by atoms with E-state index in [2.05, 4.69) is 5.32 Å². The molecule has 1 aromatic rings. The summed E-state index contributed by atoms with van der Waals surface area (Å²) in [5.41, 5.74) is -0.594. The maximum Gasteiger partial charge on any atom is 0.412 e. The Bertz CT molecular complexity index is 594. The lowest BCUT2D eigenvalue weighted by molar-refractivity contribution is -0.155. The van der Waals surface area contributed by atoms with E-state index < -0.39 is 23.7 Å². The number of amides is 2. The number of halogens is 4. The highest BCUT2D eigenvalue weighted by molar-refractivity contribution is 6.30. The standard InChI is InChI=1S/C16H20ClF3N2O2/c1-10-7-22(8-15(10,2)9-23)14(24)21-13(16(18,19)20)11-3-5-12(17)6-4-11/h3-6,10,13,23H,7-9H2,1-2H3,(H,21,24). The van der Waals surface area contributed by atoms with Crippen molar-refractivity contribution in [3.63, 3.8) is 0 Å². The van der Waals surface area contributed by atoms with Crippen LogP contribution in [0.4, 0.5) is 18.0 Å². The summed E-state index contributed by atoms with van der Waals surface area (Å²) in [5, 5.41) is 11.8. The summed E-state index contributed by atoms with van der Waals surface area (Å²) in [4.78, 5) is 13.6. The van der Waals surface area contributed by atoms with Crippen molar-refractivity contribution < 1.29 is 23.1 Å². The van der Waals surface area contributed by atoms with Crippen LogP contribution < -0.4 is 5.32 Å². The molecule has 0 saturated carbocycles. The number of hydrogen-bond acceptors (Lipinski definition) is 2. The molecule has 1 aliphatic rings. The van der Waals surface area contributed by atoms with E-state index in [1.807, 2.05) is 13.8 Å². The zero-order chi connectivity index (χ0) is 18.1. The Labute approximate surface area is 143 Å². The number of alkyl halides is 3. The SMILES string of the molecule is CC1CN(C(=O)NC(c2ccc(Cl)cc2)C(F)(F)F)CC1(C)CO. The van der Waals surface area contributed by atoms with Crippen LogP contribution in [0.1, 0.15) is 25.5 Å². The molecule has 0 spiro atoms. The van der Waals surface area contributed by atoms with E-state index in [0.29, 0.717) is 11.6 Å². The van der Waals surface area contributed by atoms with Gasteiger partial charge in [-0.1, -0.05) is 37.6 Å². The molecular weight excluding hydrogens is 345 g/mol. The fourth-order valence-corrected chi connectivity index (χ4v) is 2.92. The Morgan fingerprint density at radius 2 is 2.04 bits per heavy atom. The van der Waals surface area contributed by atoms with Gasteiger partial charge in [-0.15, -0.1) is 0 Å². The van der Waals surface area contributed by atoms with Crippen LogP contribution in [-0.4, -0.2) is 41.9 Å². The lowest BCUT2D eigenvalue weighted by atomic mass is 9.82. The number of aliphatic hydroxyl groups is 1. The van der Waals surface area contributed by atoms with E-state index in [4.69, 9.17) is 11.6 Å². The highest BCUT2D eigenvalue weighted by Gasteiger charge is 2.45. The van der Waals surface area contributed by atoms with Crippen LogP contribution >= 0.6 is 11.6 Å². The number of benzene rings is 1. The quantitative estimate of drug-likeness (QED) is 0.861. The monoisotopic (exact) mass is 364 g/mol. The third-order valence-corrected chi connectivity index (χ3v) is 4.93. The molecule has 2 rings (SSSR count). The van der Waals surface area contributed by atoms with Gasteiger partial charge in [-0.25, -0.2) is 4.79 Å². The minimum absolute atomic E-state index is 0.00637. The molecule has 134 valence electrons. The normalized spacial score (nSPS) is 25.6. The Morgan fingerprint density at radius 3 is 2.50 bits per heavy atom. The van der Waals surface area contributed by atoms with Gasteiger partial charge in [0.2, 0.25) is 0 Å². The highest BCUT2D eigenvalue weighted by atomic mass is 35.5. The first-order valence-electron chi connectivity index (χ1n) is 7.55. The summed E-state index contributed by atoms with van der Waals surface area (Å²) >= 11 is 5.70. The second-order valence-electron chi connectivity index (χ2n) is 6.57. The average Bonchev–Trinajstić information content (AvgIpc) is 2.81. The maximum atomic E-state index is 13.3. The van der Waals surface area contributed by atoms with E-state index in [0.717, 1.165) is 0 Å². The number of carbonyl (C=O) groups is 1. The molecule has 1 fully saturated rings. The van der Waals surface area contributed by atoms with Gasteiger partial charge in [0.15, 0.2) is 6.04 Å². The Morgan fingerprint density at radius 1 is 1.46 bits per heavy atom. The summed E-state index contributed by atoms with van der Waals surface area (Å²) in [6.45, 7) is 4.06. The van der Waals surface area contributed by atoms with Crippen LogP contribution in [0.5, 0.6) is 0 Å². The summed E-state index contributed by atoms with van der Waals surface area (Å²) in [7, 11) is 0. The predicted octanol–water partition coefficient (Wildman–Crippen LogP) is 3.60. The van der Waals surface area contributed by atoms with E-state index in [1.165, 1.54) is 29.2 Å². The average molecular weight is 365 g/mol. The van der Waals surface area contributed by atoms with Gasteiger partial charge in [0, 0.05) is 23.5 Å². The molecule has 1 saturated heterocycles. The van der Waals surface area contributed by atoms with Gasteiger partial charge in [-0.05, 0) is 23.6 Å². The van der Waals surface area contributed by atoms with Crippen molar-refractivity contribution in [2.24, 2.45) is 11.3 Å². The lowest BCUT2D eigenvalue weighted by Gasteiger charge is -2.27. The van der Waals surface area contributed by atoms with Gasteiger partial charge in [-0.3, -0.25) is 0 Å². The second-order valence-corrected chi connectivity index (χ2v) is 7.01. The summed E-state index contributed by atoms with van der Waals surface area (Å²) < 4.78 is 40.0. The van der Waals surface area contributed by atoms with Crippen LogP contribution in [0.3, 0.4) is 0 Å². The molecule has 0 bridgehead atoms. The number of rotatable bonds is 3. The van der Waals surface area contributed by atoms with Crippen molar-refractivity contribution >= 4 is 17.6 Å². The first-order valence-corrected chi connectivity index (χ1v) is 7.93. The highest BCUT2D eigenvalue weighted by Crippen LogP contribution is 2.36. The fraction of sp³-hybridized carbons (Fsp3) is 0.562. The van der Waals surface area contributed by atoms with Gasteiger partial charge in [0.25, 0.3) is 0 Å². The van der Waals surface area contributed by atoms with Crippen LogP contribution in [0.15, 0.2) is 24.3 Å². The number of carbonyl (C=O) groups excluding carboxylic acids is 1. The molecule has 3 unspecified atom stereocenters. The zero-order valence-electron chi connectivity index (χ0n) is 13.4. The van der Waals surface area contributed by atoms with Gasteiger partial charge in [0.05, 0.1) is 6.61 Å². The molecule has 24 heavy (non-hydrogen) atoms. The van der Waals surface area contributed by atoms with Crippen LogP contribution in [0.25, 0.3) is 0 Å². The van der Waals surface area contributed by atoms with E-state index >= 15 is 0 Å². The minimum atomic E-state index is -4.63. The third kappa shape index (κ3) is 3.95. The van der Waals surface area contributed by atoms with Gasteiger partial charge in [0.1, 0.15) is 0 Å². The number of aliphatic hydroxyl groups excluding tert-OH is 1. The molecule has 0 aromatic heterocycles. The van der Waals surface area contributed by atoms with Gasteiger partial charge in [-0.2, -0.15) is 13.2 Å². The summed E-state index contributed by atoms with van der Waals surface area (Å²) in [5.74, 6) is -0.00637. The predicted molar refractivity (Wildman–Crippen MR) is 84.7 cm³/mol. The van der Waals surface area contributed by atoms with Crippen molar-refractivity contribution in [2.75, 3.05) is 19.7 Å². The first kappa shape index (κ1) is 18.9. The van der Waals surface area contributed by atoms with Gasteiger partial charge >= 0.3 is 12.2 Å². The number of nitrogens with one attached hydrogen (secondary N) is 1. The summed E-state index contributed by atoms with van der Waals surface area (Å²) in [6.07, 6.45) is -4.63. The molecule has 4 nitrogen and oxygen atoms in total. The molecular formula is C16H20ClF3N2O2. The molecule has 0 radical (unpaired) electrons. The molecule has 1 aliphatic heterocycles. The molecule has 0 aliphatic carbocycles. The van der Waals surface area contributed by atoms with Crippen LogP contribution in [0.2, 0.25) is 5.02 Å². The van der Waals surface area contributed by atoms with Crippen LogP contribution in [-0.2, 0) is 0 Å². The minimum Gasteiger partial charge on any atom is -0.396 e. The maximum absolute atomic E-state index is 13.3. The third-order valence-electron chi connectivity index (χ3n) is 4.68. The molecule has 1 heterocycles. The first-order chi connectivity index (χ1) is 11.1. The number of hydrogen-bond donors (Lipinski definition) is 2. The topological polar surface area (TPSA) is 52.6 Å². The lowest BCUT2D eigenvalue weighted by Crippen LogP contribution is -2.45. The molecule has 3 atom stereocenters. The Hall–Kier alpha value is -1.47. The Kier molecular flexibility index (Phi) is 5.34. The van der Waals surface area contributed by atoms with Crippen LogP contribution in [0, 0.1) is 11.3 Å². The number of likely N-dealkylation sites (tertiary alicyclic amines) is 1. The van der Waals surface area contributed by atoms with E-state index in [-0.39, 0.29) is 24.6 Å². The second kappa shape index (κ2) is 6.80. The summed E-state index contributed by atoms with van der Waals surface area (Å²) in [6, 6.07) is 2.27. The molecule has 2 amide bonds. The molecule has 2 N–H and O–H groups in total. The van der Waals surface area contributed by atoms with Crippen molar-refractivity contribution in [3.8, 4) is 0 Å². The van der Waals surface area contributed by atoms with E-state index in [9.17, 15) is 23.1 Å². The number of nitrogens with zero attached hydrogens (tertiary/aromatic N) is 1. The van der Waals surface area contributed by atoms with Crippen molar-refractivity contribution in [3.05, 3.63) is 34.9 Å². The smallest absolute Gasteiger partial charge is 0.396 e. The largest absolute Gasteiger partial charge is 0.412 e. The van der Waals surface area contributed by atoms with E-state index in [1.54, 1.807) is 0 Å². The van der Waals surface area contributed by atoms with Crippen molar-refractivity contribution in [1.29, 1.82) is 0 Å². The Balaban J connectivity index is 2.16. The number of urea groups is 1. The van der Waals surface area contributed by atoms with Gasteiger partial charge < -0.3 is 15.3 Å². The zero-order valence-corrected chi connectivity index (χ0v) is 14.2. The van der Waals surface area contributed by atoms with Crippen molar-refractivity contribution in [1.82, 2.24) is 10.2 Å².